The van der Waals surface area contributed by atoms with E-state index in [0.29, 0.717) is 11.5 Å². The largest absolute Gasteiger partial charge is 0.490 e. The summed E-state index contributed by atoms with van der Waals surface area (Å²) in [4.78, 5) is 25.1. The number of benzene rings is 2. The van der Waals surface area contributed by atoms with E-state index in [2.05, 4.69) is 32.2 Å². The number of aliphatic carboxylic acids is 1. The lowest BCUT2D eigenvalue weighted by Crippen LogP contribution is -2.29. The van der Waals surface area contributed by atoms with Gasteiger partial charge in [0.15, 0.2) is 0 Å². The molecule has 3 aromatic rings. The zero-order valence-corrected chi connectivity index (χ0v) is 24.8. The van der Waals surface area contributed by atoms with Gasteiger partial charge in [-0.3, -0.25) is 9.59 Å². The Morgan fingerprint density at radius 1 is 1.12 bits per heavy atom. The molecule has 1 fully saturated rings. The van der Waals surface area contributed by atoms with E-state index in [1.807, 2.05) is 24.3 Å². The second-order valence-corrected chi connectivity index (χ2v) is 11.2. The predicted octanol–water partition coefficient (Wildman–Crippen LogP) is 7.22. The minimum atomic E-state index is -0.924. The Kier molecular flexibility index (Phi) is 10.7. The lowest BCUT2D eigenvalue weighted by atomic mass is 9.91. The normalized spacial score (nSPS) is 15.4. The summed E-state index contributed by atoms with van der Waals surface area (Å²) in [5, 5.41) is 13.7. The van der Waals surface area contributed by atoms with Gasteiger partial charge in [0.2, 0.25) is 0 Å². The average Bonchev–Trinajstić information content (AvgIpc) is 3.30. The van der Waals surface area contributed by atoms with Crippen molar-refractivity contribution in [1.82, 2.24) is 4.90 Å². The smallest absolute Gasteiger partial charge is 0.305 e. The van der Waals surface area contributed by atoms with Crippen molar-refractivity contribution in [3.05, 3.63) is 59.4 Å². The Morgan fingerprint density at radius 3 is 2.54 bits per heavy atom. The predicted molar refractivity (Wildman–Crippen MR) is 161 cm³/mol. The maximum Gasteiger partial charge on any atom is 0.305 e. The molecule has 1 aromatic heterocycles. The second kappa shape index (κ2) is 14.4. The zero-order chi connectivity index (χ0) is 29.4. The number of aryl methyl sites for hydroxylation is 1. The van der Waals surface area contributed by atoms with E-state index in [0.717, 1.165) is 72.6 Å². The molecule has 0 radical (unpaired) electrons. The van der Waals surface area contributed by atoms with E-state index in [1.165, 1.54) is 17.7 Å². The third-order valence-corrected chi connectivity index (χ3v) is 7.99. The number of nitrogens with one attached hydrogen (secondary N) is 1. The summed E-state index contributed by atoms with van der Waals surface area (Å²) >= 11 is 0. The molecule has 222 valence electrons. The van der Waals surface area contributed by atoms with Gasteiger partial charge in [-0.05, 0) is 61.7 Å². The number of ether oxygens (including phenoxy) is 2. The maximum atomic E-state index is 12.7. The highest BCUT2D eigenvalue weighted by Gasteiger charge is 2.26. The fraction of sp³-hybridized carbons (Fsp3) is 0.515. The number of amides is 1. The van der Waals surface area contributed by atoms with Gasteiger partial charge in [0.25, 0.3) is 5.91 Å². The third kappa shape index (κ3) is 8.03. The maximum absolute atomic E-state index is 12.7. The molecule has 4 rings (SSSR count). The number of anilines is 1. The van der Waals surface area contributed by atoms with Crippen molar-refractivity contribution in [2.75, 3.05) is 32.1 Å². The van der Waals surface area contributed by atoms with Gasteiger partial charge in [0.1, 0.15) is 23.2 Å². The summed E-state index contributed by atoms with van der Waals surface area (Å²) < 4.78 is 18.2. The average molecular weight is 565 g/mol. The third-order valence-electron chi connectivity index (χ3n) is 7.99. The van der Waals surface area contributed by atoms with Crippen molar-refractivity contribution < 1.29 is 28.6 Å². The van der Waals surface area contributed by atoms with Gasteiger partial charge in [-0.15, -0.1) is 0 Å². The summed E-state index contributed by atoms with van der Waals surface area (Å²) in [5.74, 6) is 0.957. The molecule has 0 saturated carbocycles. The summed E-state index contributed by atoms with van der Waals surface area (Å²) in [6, 6.07) is 13.4. The van der Waals surface area contributed by atoms with Crippen LogP contribution in [0.3, 0.4) is 0 Å². The van der Waals surface area contributed by atoms with Crippen LogP contribution in [-0.4, -0.2) is 54.8 Å². The van der Waals surface area contributed by atoms with Gasteiger partial charge in [0.05, 0.1) is 25.7 Å². The summed E-state index contributed by atoms with van der Waals surface area (Å²) in [6.45, 7) is 8.23. The summed E-state index contributed by atoms with van der Waals surface area (Å²) in [6.07, 6.45) is 6.46. The van der Waals surface area contributed by atoms with Crippen molar-refractivity contribution in [1.29, 1.82) is 0 Å². The number of unbranched alkanes of at least 4 members (excludes halogenated alkanes) is 2. The summed E-state index contributed by atoms with van der Waals surface area (Å²) in [7, 11) is 1.62. The van der Waals surface area contributed by atoms with Crippen molar-refractivity contribution >= 4 is 28.5 Å². The molecule has 0 bridgehead atoms. The first-order valence-corrected chi connectivity index (χ1v) is 14.9. The second-order valence-electron chi connectivity index (χ2n) is 11.2. The van der Waals surface area contributed by atoms with E-state index in [1.54, 1.807) is 19.2 Å². The van der Waals surface area contributed by atoms with Crippen LogP contribution in [0.15, 0.2) is 46.9 Å². The molecule has 2 N–H and O–H groups in total. The molecular weight excluding hydrogens is 520 g/mol. The molecule has 1 amide bonds. The number of carbonyl (C=O) groups excluding carboxylic acids is 1. The molecule has 41 heavy (non-hydrogen) atoms. The molecule has 2 heterocycles. The SMILES string of the molecule is CCCCCC(C)C(Nc1ccc(C(=O)N(C)CCC(=O)O)cc1)c1oc2ccc(OC3CCOCC3)cc2c1C. The van der Waals surface area contributed by atoms with E-state index < -0.39 is 5.97 Å². The number of rotatable bonds is 14. The highest BCUT2D eigenvalue weighted by molar-refractivity contribution is 5.94. The van der Waals surface area contributed by atoms with Crippen LogP contribution in [0.4, 0.5) is 5.69 Å². The van der Waals surface area contributed by atoms with Gasteiger partial charge in [-0.1, -0.05) is 33.1 Å². The number of hydrogen-bond donors (Lipinski definition) is 2. The minimum Gasteiger partial charge on any atom is -0.490 e. The van der Waals surface area contributed by atoms with Gasteiger partial charge >= 0.3 is 5.97 Å². The van der Waals surface area contributed by atoms with Gasteiger partial charge in [0, 0.05) is 48.6 Å². The number of hydrogen-bond acceptors (Lipinski definition) is 6. The van der Waals surface area contributed by atoms with Crippen LogP contribution < -0.4 is 10.1 Å². The van der Waals surface area contributed by atoms with Crippen LogP contribution >= 0.6 is 0 Å². The molecule has 8 nitrogen and oxygen atoms in total. The Labute approximate surface area is 243 Å². The van der Waals surface area contributed by atoms with Crippen molar-refractivity contribution in [3.8, 4) is 5.75 Å². The molecule has 2 atom stereocenters. The minimum absolute atomic E-state index is 0.0566. The molecular formula is C33H44N2O6. The molecule has 2 unspecified atom stereocenters. The molecule has 1 saturated heterocycles. The van der Waals surface area contributed by atoms with Crippen LogP contribution in [0.2, 0.25) is 0 Å². The molecule has 0 aliphatic carbocycles. The number of nitrogens with zero attached hydrogens (tertiary/aromatic N) is 1. The standard InChI is InChI=1S/C33H44N2O6/c1-5-6-7-8-22(2)31(34-25-11-9-24(10-12-25)33(38)35(4)18-15-30(36)37)32-23(3)28-21-27(13-14-29(28)41-32)40-26-16-19-39-20-17-26/h9-14,21-22,26,31,34H,5-8,15-20H2,1-4H3,(H,36,37). The lowest BCUT2D eigenvalue weighted by Gasteiger charge is -2.26. The Morgan fingerprint density at radius 2 is 1.85 bits per heavy atom. The highest BCUT2D eigenvalue weighted by Crippen LogP contribution is 2.38. The van der Waals surface area contributed by atoms with E-state index in [4.69, 9.17) is 19.0 Å². The van der Waals surface area contributed by atoms with E-state index in [9.17, 15) is 9.59 Å². The van der Waals surface area contributed by atoms with Gasteiger partial charge in [-0.2, -0.15) is 0 Å². The number of furan rings is 1. The molecule has 1 aliphatic rings. The molecule has 0 spiro atoms. The van der Waals surface area contributed by atoms with Crippen LogP contribution in [-0.2, 0) is 9.53 Å². The molecule has 8 heteroatoms. The van der Waals surface area contributed by atoms with Crippen molar-refractivity contribution in [2.24, 2.45) is 5.92 Å². The van der Waals surface area contributed by atoms with Crippen LogP contribution in [0.1, 0.15) is 86.5 Å². The van der Waals surface area contributed by atoms with E-state index in [-0.39, 0.29) is 31.0 Å². The quantitative estimate of drug-likeness (QED) is 0.199. The van der Waals surface area contributed by atoms with Crippen molar-refractivity contribution in [2.45, 2.75) is 77.9 Å². The van der Waals surface area contributed by atoms with Crippen LogP contribution in [0, 0.1) is 12.8 Å². The van der Waals surface area contributed by atoms with Crippen LogP contribution in [0.25, 0.3) is 11.0 Å². The monoisotopic (exact) mass is 564 g/mol. The first-order valence-electron chi connectivity index (χ1n) is 14.9. The fourth-order valence-corrected chi connectivity index (χ4v) is 5.40. The Balaban J connectivity index is 1.55. The Bertz CT molecular complexity index is 1300. The highest BCUT2D eigenvalue weighted by atomic mass is 16.5. The Hall–Kier alpha value is -3.52. The van der Waals surface area contributed by atoms with Crippen molar-refractivity contribution in [3.63, 3.8) is 0 Å². The first-order chi connectivity index (χ1) is 19.8. The van der Waals surface area contributed by atoms with Gasteiger partial charge < -0.3 is 29.2 Å². The topological polar surface area (TPSA) is 101 Å². The van der Waals surface area contributed by atoms with E-state index >= 15 is 0 Å². The van der Waals surface area contributed by atoms with Gasteiger partial charge in [-0.25, -0.2) is 0 Å². The number of fused-ring (bicyclic) bond motifs is 1. The summed E-state index contributed by atoms with van der Waals surface area (Å²) in [5.41, 5.74) is 3.36. The molecule has 1 aliphatic heterocycles. The number of carbonyl (C=O) groups is 2. The fourth-order valence-electron chi connectivity index (χ4n) is 5.40. The van der Waals surface area contributed by atoms with Crippen LogP contribution in [0.5, 0.6) is 5.75 Å². The lowest BCUT2D eigenvalue weighted by molar-refractivity contribution is -0.137. The number of carboxylic acids is 1. The zero-order valence-electron chi connectivity index (χ0n) is 24.8. The first kappa shape index (κ1) is 30.4. The molecule has 2 aromatic carbocycles. The number of carboxylic acid groups (broad SMARTS) is 1.